The highest BCUT2D eigenvalue weighted by Gasteiger charge is 2.03. The number of aliphatic imine (C=N–C) groups is 1. The molecular weight excluding hydrogens is 236 g/mol. The first-order valence-corrected chi connectivity index (χ1v) is 6.13. The molecule has 0 radical (unpaired) electrons. The maximum absolute atomic E-state index is 13.4. The lowest BCUT2D eigenvalue weighted by molar-refractivity contribution is 0.572. The summed E-state index contributed by atoms with van der Waals surface area (Å²) in [5.74, 6) is -0.359. The average Bonchev–Trinajstić information content (AvgIpc) is 2.32. The van der Waals surface area contributed by atoms with Crippen LogP contribution in [0.3, 0.4) is 0 Å². The summed E-state index contributed by atoms with van der Waals surface area (Å²) in [6.07, 6.45) is 0.451. The predicted molar refractivity (Wildman–Crippen MR) is 69.7 cm³/mol. The lowest BCUT2D eigenvalue weighted by Gasteiger charge is -2.09. The fourth-order valence-corrected chi connectivity index (χ4v) is 1.52. The Hall–Kier alpha value is -1.65. The summed E-state index contributed by atoms with van der Waals surface area (Å²) in [5.41, 5.74) is 0.479. The van der Waals surface area contributed by atoms with Gasteiger partial charge in [0.1, 0.15) is 11.6 Å². The fourth-order valence-electron chi connectivity index (χ4n) is 1.52. The highest BCUT2D eigenvalue weighted by molar-refractivity contribution is 5.79. The molecular formula is C13H19F2N3. The van der Waals surface area contributed by atoms with Crippen LogP contribution in [0.25, 0.3) is 0 Å². The zero-order chi connectivity index (χ0) is 13.4. The van der Waals surface area contributed by atoms with E-state index in [4.69, 9.17) is 0 Å². The van der Waals surface area contributed by atoms with Gasteiger partial charge in [-0.2, -0.15) is 0 Å². The summed E-state index contributed by atoms with van der Waals surface area (Å²) in [7, 11) is 0. The molecule has 0 atom stereocenters. The molecule has 0 aliphatic carbocycles. The maximum atomic E-state index is 13.4. The Morgan fingerprint density at radius 3 is 2.39 bits per heavy atom. The predicted octanol–water partition coefficient (Wildman–Crippen LogP) is 2.08. The molecule has 5 heteroatoms. The summed E-state index contributed by atoms with van der Waals surface area (Å²) in [6, 6.07) is 3.62. The number of hydrogen-bond donors (Lipinski definition) is 2. The van der Waals surface area contributed by atoms with Crippen LogP contribution in [-0.4, -0.2) is 25.6 Å². The van der Waals surface area contributed by atoms with Crippen molar-refractivity contribution in [3.8, 4) is 0 Å². The van der Waals surface area contributed by atoms with Crippen LogP contribution in [0.4, 0.5) is 8.78 Å². The van der Waals surface area contributed by atoms with E-state index in [1.54, 1.807) is 0 Å². The monoisotopic (exact) mass is 255 g/mol. The largest absolute Gasteiger partial charge is 0.357 e. The van der Waals surface area contributed by atoms with Gasteiger partial charge in [-0.15, -0.1) is 0 Å². The zero-order valence-corrected chi connectivity index (χ0v) is 10.8. The molecule has 100 valence electrons. The molecule has 0 bridgehead atoms. The van der Waals surface area contributed by atoms with E-state index in [9.17, 15) is 8.78 Å². The van der Waals surface area contributed by atoms with Crippen LogP contribution in [0.1, 0.15) is 19.4 Å². The normalized spacial score (nSPS) is 10.0. The van der Waals surface area contributed by atoms with Crippen LogP contribution < -0.4 is 10.6 Å². The molecule has 0 unspecified atom stereocenters. The summed E-state index contributed by atoms with van der Waals surface area (Å²) >= 11 is 0. The minimum absolute atomic E-state index is 0.451. The van der Waals surface area contributed by atoms with Gasteiger partial charge in [0.15, 0.2) is 5.96 Å². The van der Waals surface area contributed by atoms with Crippen LogP contribution in [0, 0.1) is 11.6 Å². The van der Waals surface area contributed by atoms with Crippen LogP contribution in [0.2, 0.25) is 0 Å². The van der Waals surface area contributed by atoms with Crippen molar-refractivity contribution >= 4 is 5.96 Å². The molecule has 0 aromatic heterocycles. The van der Waals surface area contributed by atoms with Gasteiger partial charge in [-0.05, 0) is 31.9 Å². The Kier molecular flexibility index (Phi) is 6.11. The Balaban J connectivity index is 2.55. The van der Waals surface area contributed by atoms with E-state index in [1.807, 2.05) is 13.8 Å². The van der Waals surface area contributed by atoms with E-state index in [2.05, 4.69) is 15.6 Å². The number of rotatable bonds is 5. The van der Waals surface area contributed by atoms with Crippen molar-refractivity contribution in [1.29, 1.82) is 0 Å². The number of nitrogens with one attached hydrogen (secondary N) is 2. The van der Waals surface area contributed by atoms with E-state index in [-0.39, 0.29) is 0 Å². The molecule has 0 fully saturated rings. The molecule has 18 heavy (non-hydrogen) atoms. The summed E-state index contributed by atoms with van der Waals surface area (Å²) in [4.78, 5) is 4.30. The van der Waals surface area contributed by atoms with E-state index in [0.29, 0.717) is 24.5 Å². The molecule has 0 aliphatic rings. The van der Waals surface area contributed by atoms with Gasteiger partial charge in [-0.1, -0.05) is 6.07 Å². The van der Waals surface area contributed by atoms with Crippen molar-refractivity contribution in [2.75, 3.05) is 19.6 Å². The standard InChI is InChI=1S/C13H19F2N3/c1-3-16-13(17-4-2)18-8-7-10-5-6-11(14)9-12(10)15/h5-6,9H,3-4,7-8H2,1-2H3,(H2,16,17,18). The van der Waals surface area contributed by atoms with Crippen LogP contribution in [0.15, 0.2) is 23.2 Å². The highest BCUT2D eigenvalue weighted by Crippen LogP contribution is 2.09. The summed E-state index contributed by atoms with van der Waals surface area (Å²) in [5, 5.41) is 6.16. The number of benzene rings is 1. The highest BCUT2D eigenvalue weighted by atomic mass is 19.1. The first kappa shape index (κ1) is 14.4. The number of halogens is 2. The second kappa shape index (κ2) is 7.63. The quantitative estimate of drug-likeness (QED) is 0.624. The van der Waals surface area contributed by atoms with Crippen molar-refractivity contribution in [1.82, 2.24) is 10.6 Å². The van der Waals surface area contributed by atoms with Crippen LogP contribution in [-0.2, 0) is 6.42 Å². The minimum Gasteiger partial charge on any atom is -0.357 e. The molecule has 0 saturated carbocycles. The van der Waals surface area contributed by atoms with Gasteiger partial charge in [0, 0.05) is 25.7 Å². The van der Waals surface area contributed by atoms with Gasteiger partial charge in [0.25, 0.3) is 0 Å². The molecule has 1 aromatic rings. The van der Waals surface area contributed by atoms with Gasteiger partial charge >= 0.3 is 0 Å². The Bertz CT molecular complexity index is 397. The first-order chi connectivity index (χ1) is 8.67. The molecule has 1 aromatic carbocycles. The van der Waals surface area contributed by atoms with Gasteiger partial charge in [0.05, 0.1) is 0 Å². The topological polar surface area (TPSA) is 36.4 Å². The maximum Gasteiger partial charge on any atom is 0.191 e. The van der Waals surface area contributed by atoms with Crippen molar-refractivity contribution in [2.24, 2.45) is 4.99 Å². The SMILES string of the molecule is CCNC(=NCCc1ccc(F)cc1F)NCC. The van der Waals surface area contributed by atoms with Gasteiger partial charge in [-0.25, -0.2) is 8.78 Å². The third kappa shape index (κ3) is 4.69. The van der Waals surface area contributed by atoms with Crippen LogP contribution >= 0.6 is 0 Å². The molecule has 3 nitrogen and oxygen atoms in total. The molecule has 0 aliphatic heterocycles. The summed E-state index contributed by atoms with van der Waals surface area (Å²) < 4.78 is 26.1. The fraction of sp³-hybridized carbons (Fsp3) is 0.462. The lowest BCUT2D eigenvalue weighted by Crippen LogP contribution is -2.37. The number of nitrogens with zero attached hydrogens (tertiary/aromatic N) is 1. The molecule has 1 rings (SSSR count). The van der Waals surface area contributed by atoms with Crippen molar-refractivity contribution in [2.45, 2.75) is 20.3 Å². The lowest BCUT2D eigenvalue weighted by atomic mass is 10.1. The van der Waals surface area contributed by atoms with E-state index in [0.717, 1.165) is 19.2 Å². The molecule has 0 saturated heterocycles. The third-order valence-corrected chi connectivity index (χ3v) is 2.35. The minimum atomic E-state index is -0.555. The summed E-state index contributed by atoms with van der Waals surface area (Å²) in [6.45, 7) is 5.96. The molecule has 0 spiro atoms. The van der Waals surface area contributed by atoms with Gasteiger partial charge in [-0.3, -0.25) is 4.99 Å². The van der Waals surface area contributed by atoms with E-state index in [1.165, 1.54) is 12.1 Å². The second-order valence-electron chi connectivity index (χ2n) is 3.78. The second-order valence-corrected chi connectivity index (χ2v) is 3.78. The van der Waals surface area contributed by atoms with E-state index < -0.39 is 11.6 Å². The first-order valence-electron chi connectivity index (χ1n) is 6.13. The molecule has 0 amide bonds. The van der Waals surface area contributed by atoms with Crippen molar-refractivity contribution < 1.29 is 8.78 Å². The average molecular weight is 255 g/mol. The smallest absolute Gasteiger partial charge is 0.191 e. The number of guanidine groups is 1. The Morgan fingerprint density at radius 1 is 1.17 bits per heavy atom. The van der Waals surface area contributed by atoms with Crippen LogP contribution in [0.5, 0.6) is 0 Å². The van der Waals surface area contributed by atoms with E-state index >= 15 is 0 Å². The van der Waals surface area contributed by atoms with Gasteiger partial charge in [0.2, 0.25) is 0 Å². The molecule has 2 N–H and O–H groups in total. The third-order valence-electron chi connectivity index (χ3n) is 2.35. The Labute approximate surface area is 106 Å². The zero-order valence-electron chi connectivity index (χ0n) is 10.8. The Morgan fingerprint density at radius 2 is 1.83 bits per heavy atom. The number of hydrogen-bond acceptors (Lipinski definition) is 1. The molecule has 0 heterocycles. The van der Waals surface area contributed by atoms with Crippen molar-refractivity contribution in [3.05, 3.63) is 35.4 Å². The van der Waals surface area contributed by atoms with Crippen molar-refractivity contribution in [3.63, 3.8) is 0 Å². The van der Waals surface area contributed by atoms with Gasteiger partial charge < -0.3 is 10.6 Å².